The number of rotatable bonds is 5. The first-order valence-corrected chi connectivity index (χ1v) is 6.89. The van der Waals surface area contributed by atoms with Gasteiger partial charge in [0.15, 0.2) is 0 Å². The van der Waals surface area contributed by atoms with Crippen molar-refractivity contribution in [2.75, 3.05) is 11.9 Å². The predicted octanol–water partition coefficient (Wildman–Crippen LogP) is 4.80. The molecule has 0 fully saturated rings. The summed E-state index contributed by atoms with van der Waals surface area (Å²) < 4.78 is 18.6. The van der Waals surface area contributed by atoms with Gasteiger partial charge in [0, 0.05) is 12.2 Å². The monoisotopic (exact) mass is 293 g/mol. The second kappa shape index (κ2) is 6.62. The summed E-state index contributed by atoms with van der Waals surface area (Å²) in [5.74, 6) is 0.443. The molecule has 1 N–H and O–H groups in total. The van der Waals surface area contributed by atoms with Crippen molar-refractivity contribution in [3.05, 3.63) is 58.4 Å². The van der Waals surface area contributed by atoms with Crippen LogP contribution in [-0.2, 0) is 6.54 Å². The van der Waals surface area contributed by atoms with E-state index in [9.17, 15) is 4.39 Å². The van der Waals surface area contributed by atoms with Gasteiger partial charge in [0.2, 0.25) is 0 Å². The minimum atomic E-state index is -0.225. The number of ether oxygens (including phenoxy) is 1. The third-order valence-corrected chi connectivity index (χ3v) is 3.32. The van der Waals surface area contributed by atoms with Gasteiger partial charge in [-0.2, -0.15) is 0 Å². The molecule has 0 aliphatic carbocycles. The van der Waals surface area contributed by atoms with Crippen molar-refractivity contribution in [2.24, 2.45) is 0 Å². The maximum Gasteiger partial charge on any atom is 0.138 e. The van der Waals surface area contributed by atoms with Crippen LogP contribution in [0.3, 0.4) is 0 Å². The molecule has 2 nitrogen and oxygen atoms in total. The lowest BCUT2D eigenvalue weighted by molar-refractivity contribution is 0.340. The lowest BCUT2D eigenvalue weighted by Gasteiger charge is -2.11. The van der Waals surface area contributed by atoms with Crippen LogP contribution in [0.25, 0.3) is 0 Å². The number of nitrogens with one attached hydrogen (secondary N) is 1. The van der Waals surface area contributed by atoms with E-state index in [1.165, 1.54) is 6.07 Å². The van der Waals surface area contributed by atoms with Crippen molar-refractivity contribution in [3.63, 3.8) is 0 Å². The molecule has 0 bridgehead atoms. The number of halogens is 2. The highest BCUT2D eigenvalue weighted by Crippen LogP contribution is 2.28. The second-order valence-electron chi connectivity index (χ2n) is 4.50. The summed E-state index contributed by atoms with van der Waals surface area (Å²) in [5.41, 5.74) is 2.85. The third-order valence-electron chi connectivity index (χ3n) is 3.03. The van der Waals surface area contributed by atoms with E-state index in [1.807, 2.05) is 26.0 Å². The number of aryl methyl sites for hydroxylation is 1. The van der Waals surface area contributed by atoms with Crippen LogP contribution in [0.1, 0.15) is 18.1 Å². The Balaban J connectivity index is 2.07. The summed E-state index contributed by atoms with van der Waals surface area (Å²) in [5, 5.41) is 3.80. The molecule has 106 valence electrons. The fourth-order valence-corrected chi connectivity index (χ4v) is 2.15. The van der Waals surface area contributed by atoms with Gasteiger partial charge in [-0.3, -0.25) is 0 Å². The molecule has 4 heteroatoms. The smallest absolute Gasteiger partial charge is 0.138 e. The zero-order chi connectivity index (χ0) is 14.5. The van der Waals surface area contributed by atoms with E-state index >= 15 is 0 Å². The molecule has 2 aromatic rings. The molecule has 20 heavy (non-hydrogen) atoms. The molecule has 0 aliphatic rings. The van der Waals surface area contributed by atoms with Crippen molar-refractivity contribution >= 4 is 17.3 Å². The molecule has 0 spiro atoms. The van der Waals surface area contributed by atoms with E-state index < -0.39 is 0 Å². The van der Waals surface area contributed by atoms with Crippen molar-refractivity contribution in [2.45, 2.75) is 20.4 Å². The van der Waals surface area contributed by atoms with E-state index in [0.29, 0.717) is 23.9 Å². The van der Waals surface area contributed by atoms with E-state index in [1.54, 1.807) is 18.2 Å². The first kappa shape index (κ1) is 14.7. The lowest BCUT2D eigenvalue weighted by Crippen LogP contribution is -2.02. The van der Waals surface area contributed by atoms with Gasteiger partial charge in [-0.05, 0) is 55.3 Å². The lowest BCUT2D eigenvalue weighted by atomic mass is 10.1. The number of hydrogen-bond donors (Lipinski definition) is 1. The largest absolute Gasteiger partial charge is 0.492 e. The van der Waals surface area contributed by atoms with Crippen molar-refractivity contribution in [3.8, 4) is 5.75 Å². The van der Waals surface area contributed by atoms with E-state index in [0.717, 1.165) is 16.8 Å². The highest BCUT2D eigenvalue weighted by atomic mass is 35.5. The Labute approximate surface area is 123 Å². The summed E-state index contributed by atoms with van der Waals surface area (Å²) in [6.45, 7) is 5.00. The predicted molar refractivity (Wildman–Crippen MR) is 81.1 cm³/mol. The number of hydrogen-bond acceptors (Lipinski definition) is 2. The Morgan fingerprint density at radius 3 is 2.70 bits per heavy atom. The molecule has 0 radical (unpaired) electrons. The van der Waals surface area contributed by atoms with Crippen LogP contribution in [0.4, 0.5) is 10.1 Å². The van der Waals surface area contributed by atoms with Crippen LogP contribution < -0.4 is 10.1 Å². The molecule has 0 saturated carbocycles. The average molecular weight is 294 g/mol. The third kappa shape index (κ3) is 3.64. The molecule has 0 unspecified atom stereocenters. The fourth-order valence-electron chi connectivity index (χ4n) is 1.91. The van der Waals surface area contributed by atoms with Crippen molar-refractivity contribution in [1.82, 2.24) is 0 Å². The molecule has 2 aromatic carbocycles. The van der Waals surface area contributed by atoms with Crippen LogP contribution in [0.5, 0.6) is 5.75 Å². The van der Waals surface area contributed by atoms with Crippen LogP contribution in [-0.4, -0.2) is 6.61 Å². The van der Waals surface area contributed by atoms with Gasteiger partial charge in [-0.15, -0.1) is 0 Å². The molecule has 0 aliphatic heterocycles. The Morgan fingerprint density at radius 2 is 2.00 bits per heavy atom. The van der Waals surface area contributed by atoms with Gasteiger partial charge in [0.1, 0.15) is 11.6 Å². The molecular formula is C16H17ClFNO. The first-order valence-electron chi connectivity index (χ1n) is 6.51. The minimum Gasteiger partial charge on any atom is -0.492 e. The van der Waals surface area contributed by atoms with Gasteiger partial charge in [-0.25, -0.2) is 4.39 Å². The summed E-state index contributed by atoms with van der Waals surface area (Å²) in [4.78, 5) is 0. The van der Waals surface area contributed by atoms with Gasteiger partial charge in [0.25, 0.3) is 0 Å². The van der Waals surface area contributed by atoms with E-state index in [2.05, 4.69) is 5.32 Å². The Bertz CT molecular complexity index is 601. The quantitative estimate of drug-likeness (QED) is 0.855. The molecule has 2 rings (SSSR count). The molecule has 0 atom stereocenters. The first-order chi connectivity index (χ1) is 9.60. The normalized spacial score (nSPS) is 10.4. The number of anilines is 1. The molecule has 0 saturated heterocycles. The molecular weight excluding hydrogens is 277 g/mol. The highest BCUT2D eigenvalue weighted by molar-refractivity contribution is 6.32. The fraction of sp³-hybridized carbons (Fsp3) is 0.250. The topological polar surface area (TPSA) is 21.3 Å². The van der Waals surface area contributed by atoms with Gasteiger partial charge in [0.05, 0.1) is 11.6 Å². The van der Waals surface area contributed by atoms with Crippen LogP contribution in [0, 0.1) is 12.7 Å². The van der Waals surface area contributed by atoms with Crippen LogP contribution in [0.2, 0.25) is 5.02 Å². The molecule has 0 heterocycles. The highest BCUT2D eigenvalue weighted by Gasteiger charge is 2.04. The summed E-state index contributed by atoms with van der Waals surface area (Å²) >= 11 is 6.12. The summed E-state index contributed by atoms with van der Waals surface area (Å²) in [7, 11) is 0. The zero-order valence-corrected chi connectivity index (χ0v) is 12.3. The molecule has 0 amide bonds. The van der Waals surface area contributed by atoms with E-state index in [4.69, 9.17) is 16.3 Å². The SMILES string of the molecule is CCOc1ccc(NCc2cc(F)ccc2C)cc1Cl. The molecule has 0 aromatic heterocycles. The van der Waals surface area contributed by atoms with Gasteiger partial charge in [-0.1, -0.05) is 17.7 Å². The van der Waals surface area contributed by atoms with Gasteiger partial charge >= 0.3 is 0 Å². The Hall–Kier alpha value is -1.74. The maximum atomic E-state index is 13.2. The minimum absolute atomic E-state index is 0.225. The second-order valence-corrected chi connectivity index (χ2v) is 4.91. The maximum absolute atomic E-state index is 13.2. The van der Waals surface area contributed by atoms with Crippen molar-refractivity contribution < 1.29 is 9.13 Å². The van der Waals surface area contributed by atoms with Gasteiger partial charge < -0.3 is 10.1 Å². The zero-order valence-electron chi connectivity index (χ0n) is 11.5. The summed E-state index contributed by atoms with van der Waals surface area (Å²) in [6, 6.07) is 10.3. The number of benzene rings is 2. The standard InChI is InChI=1S/C16H17ClFNO/c1-3-20-16-7-6-14(9-15(16)17)19-10-12-8-13(18)5-4-11(12)2/h4-9,19H,3,10H2,1-2H3. The van der Waals surface area contributed by atoms with Crippen LogP contribution >= 0.6 is 11.6 Å². The Morgan fingerprint density at radius 1 is 1.20 bits per heavy atom. The average Bonchev–Trinajstić information content (AvgIpc) is 2.43. The Kier molecular flexibility index (Phi) is 4.85. The van der Waals surface area contributed by atoms with Crippen LogP contribution in [0.15, 0.2) is 36.4 Å². The van der Waals surface area contributed by atoms with E-state index in [-0.39, 0.29) is 5.82 Å². The summed E-state index contributed by atoms with van der Waals surface area (Å²) in [6.07, 6.45) is 0. The van der Waals surface area contributed by atoms with Crippen molar-refractivity contribution in [1.29, 1.82) is 0 Å².